The van der Waals surface area contributed by atoms with Crippen LogP contribution in [0.3, 0.4) is 0 Å². The van der Waals surface area contributed by atoms with Crippen molar-refractivity contribution < 1.29 is 14.3 Å². The van der Waals surface area contributed by atoms with Crippen molar-refractivity contribution >= 4 is 23.5 Å². The summed E-state index contributed by atoms with van der Waals surface area (Å²) in [6, 6.07) is 0. The van der Waals surface area contributed by atoms with Crippen molar-refractivity contribution in [1.82, 2.24) is 4.90 Å². The van der Waals surface area contributed by atoms with Gasteiger partial charge in [0.1, 0.15) is 5.88 Å². The van der Waals surface area contributed by atoms with E-state index in [4.69, 9.17) is 11.6 Å². The highest BCUT2D eigenvalue weighted by Gasteiger charge is 2.07. The zero-order chi connectivity index (χ0) is 10.3. The van der Waals surface area contributed by atoms with Gasteiger partial charge in [0.05, 0.1) is 7.11 Å². The van der Waals surface area contributed by atoms with E-state index in [1.807, 2.05) is 0 Å². The summed E-state index contributed by atoms with van der Waals surface area (Å²) in [7, 11) is 3.00. The Morgan fingerprint density at radius 3 is 2.54 bits per heavy atom. The van der Waals surface area contributed by atoms with Gasteiger partial charge in [-0.2, -0.15) is 0 Å². The van der Waals surface area contributed by atoms with E-state index in [2.05, 4.69) is 4.74 Å². The second kappa shape index (κ2) is 6.71. The maximum Gasteiger partial charge on any atom is 0.305 e. The third kappa shape index (κ3) is 5.47. The van der Waals surface area contributed by atoms with Crippen LogP contribution in [0.15, 0.2) is 0 Å². The number of rotatable bonds is 5. The molecule has 13 heavy (non-hydrogen) atoms. The molecule has 1 amide bonds. The first-order valence-corrected chi connectivity index (χ1v) is 4.52. The number of ether oxygens (including phenoxy) is 1. The lowest BCUT2D eigenvalue weighted by molar-refractivity contribution is -0.141. The van der Waals surface area contributed by atoms with Crippen LogP contribution < -0.4 is 0 Å². The van der Waals surface area contributed by atoms with E-state index >= 15 is 0 Å². The Hall–Kier alpha value is -0.770. The molecule has 0 atom stereocenters. The molecule has 0 heterocycles. The Morgan fingerprint density at radius 1 is 1.46 bits per heavy atom. The summed E-state index contributed by atoms with van der Waals surface area (Å²) >= 11 is 5.33. The van der Waals surface area contributed by atoms with Gasteiger partial charge in [0.15, 0.2) is 0 Å². The number of halogens is 1. The normalized spacial score (nSPS) is 9.46. The summed E-state index contributed by atoms with van der Waals surface area (Å²) in [6.45, 7) is 0.528. The Labute approximate surface area is 82.8 Å². The molecule has 0 aliphatic carbocycles. The lowest BCUT2D eigenvalue weighted by Crippen LogP contribution is -2.28. The Morgan fingerprint density at radius 2 is 2.08 bits per heavy atom. The molecule has 0 aliphatic heterocycles. The third-order valence-electron chi connectivity index (χ3n) is 1.64. The minimum atomic E-state index is -0.258. The second-order valence-electron chi connectivity index (χ2n) is 2.63. The number of alkyl halides is 1. The van der Waals surface area contributed by atoms with Gasteiger partial charge in [0.2, 0.25) is 5.91 Å². The molecule has 0 saturated heterocycles. The predicted molar refractivity (Wildman–Crippen MR) is 49.6 cm³/mol. The standard InChI is InChI=1S/C8H14ClNO3/c1-10(7(11)6-9)5-3-4-8(12)13-2/h3-6H2,1-2H3. The molecule has 4 nitrogen and oxygen atoms in total. The van der Waals surface area contributed by atoms with Crippen LogP contribution in [0.4, 0.5) is 0 Å². The van der Waals surface area contributed by atoms with E-state index in [0.717, 1.165) is 0 Å². The molecule has 0 unspecified atom stereocenters. The van der Waals surface area contributed by atoms with Gasteiger partial charge in [-0.15, -0.1) is 11.6 Å². The monoisotopic (exact) mass is 207 g/mol. The van der Waals surface area contributed by atoms with E-state index in [-0.39, 0.29) is 17.8 Å². The minimum absolute atomic E-state index is 0.0191. The smallest absolute Gasteiger partial charge is 0.305 e. The van der Waals surface area contributed by atoms with Crippen LogP contribution in [0.1, 0.15) is 12.8 Å². The van der Waals surface area contributed by atoms with Crippen molar-refractivity contribution in [2.75, 3.05) is 26.6 Å². The number of nitrogens with zero attached hydrogens (tertiary/aromatic N) is 1. The number of esters is 1. The molecule has 0 aromatic carbocycles. The fourth-order valence-corrected chi connectivity index (χ4v) is 0.993. The SMILES string of the molecule is COC(=O)CCCN(C)C(=O)CCl. The quantitative estimate of drug-likeness (QED) is 0.491. The second-order valence-corrected chi connectivity index (χ2v) is 2.90. The van der Waals surface area contributed by atoms with Gasteiger partial charge in [0, 0.05) is 20.0 Å². The van der Waals surface area contributed by atoms with Crippen LogP contribution >= 0.6 is 11.6 Å². The number of carbonyl (C=O) groups is 2. The molecule has 0 spiro atoms. The molecule has 76 valence electrons. The zero-order valence-electron chi connectivity index (χ0n) is 7.88. The first-order valence-electron chi connectivity index (χ1n) is 3.98. The number of carbonyl (C=O) groups excluding carboxylic acids is 2. The average Bonchev–Trinajstić information content (AvgIpc) is 2.15. The van der Waals surface area contributed by atoms with Crippen LogP contribution in [0.25, 0.3) is 0 Å². The largest absolute Gasteiger partial charge is 0.469 e. The van der Waals surface area contributed by atoms with Crippen molar-refractivity contribution in [2.24, 2.45) is 0 Å². The summed E-state index contributed by atoms with van der Waals surface area (Å²) in [4.78, 5) is 23.1. The van der Waals surface area contributed by atoms with Crippen LogP contribution in [0, 0.1) is 0 Å². The van der Waals surface area contributed by atoms with Crippen LogP contribution in [0.5, 0.6) is 0 Å². The van der Waals surface area contributed by atoms with Gasteiger partial charge in [-0.05, 0) is 6.42 Å². The van der Waals surface area contributed by atoms with Crippen LogP contribution in [-0.2, 0) is 14.3 Å². The summed E-state index contributed by atoms with van der Waals surface area (Å²) in [5, 5.41) is 0. The van der Waals surface area contributed by atoms with Gasteiger partial charge in [-0.1, -0.05) is 0 Å². The van der Waals surface area contributed by atoms with Crippen molar-refractivity contribution in [3.8, 4) is 0 Å². The molecule has 0 rings (SSSR count). The average molecular weight is 208 g/mol. The van der Waals surface area contributed by atoms with Gasteiger partial charge < -0.3 is 9.64 Å². The third-order valence-corrected chi connectivity index (χ3v) is 1.87. The molecule has 0 saturated carbocycles. The molecule has 0 fully saturated rings. The van der Waals surface area contributed by atoms with E-state index in [1.54, 1.807) is 7.05 Å². The van der Waals surface area contributed by atoms with Gasteiger partial charge in [-0.3, -0.25) is 9.59 Å². The molecule has 0 aliphatic rings. The summed E-state index contributed by atoms with van der Waals surface area (Å²) in [6.07, 6.45) is 0.933. The van der Waals surface area contributed by atoms with Crippen molar-refractivity contribution in [1.29, 1.82) is 0 Å². The maximum atomic E-state index is 10.9. The van der Waals surface area contributed by atoms with Crippen LogP contribution in [0.2, 0.25) is 0 Å². The highest BCUT2D eigenvalue weighted by molar-refractivity contribution is 6.27. The zero-order valence-corrected chi connectivity index (χ0v) is 8.63. The van der Waals surface area contributed by atoms with Crippen molar-refractivity contribution in [3.05, 3.63) is 0 Å². The summed E-state index contributed by atoms with van der Waals surface area (Å²) in [5.41, 5.74) is 0. The van der Waals surface area contributed by atoms with Crippen LogP contribution in [-0.4, -0.2) is 43.4 Å². The lowest BCUT2D eigenvalue weighted by atomic mass is 10.3. The van der Waals surface area contributed by atoms with Crippen molar-refractivity contribution in [2.45, 2.75) is 12.8 Å². The molecular formula is C8H14ClNO3. The summed E-state index contributed by atoms with van der Waals surface area (Å²) < 4.78 is 4.45. The molecule has 0 bridgehead atoms. The van der Waals surface area contributed by atoms with E-state index < -0.39 is 0 Å². The minimum Gasteiger partial charge on any atom is -0.469 e. The molecular weight excluding hydrogens is 194 g/mol. The van der Waals surface area contributed by atoms with E-state index in [1.165, 1.54) is 12.0 Å². The Kier molecular flexibility index (Phi) is 6.32. The molecule has 0 aromatic heterocycles. The van der Waals surface area contributed by atoms with Gasteiger partial charge >= 0.3 is 5.97 Å². The Bertz CT molecular complexity index is 184. The lowest BCUT2D eigenvalue weighted by Gasteiger charge is -2.14. The number of hydrogen-bond donors (Lipinski definition) is 0. The highest BCUT2D eigenvalue weighted by atomic mass is 35.5. The maximum absolute atomic E-state index is 10.9. The summed E-state index contributed by atoms with van der Waals surface area (Å²) in [5.74, 6) is -0.410. The first kappa shape index (κ1) is 12.2. The van der Waals surface area contributed by atoms with E-state index in [0.29, 0.717) is 19.4 Å². The number of methoxy groups -OCH3 is 1. The fourth-order valence-electron chi connectivity index (χ4n) is 0.789. The highest BCUT2D eigenvalue weighted by Crippen LogP contribution is 1.96. The number of hydrogen-bond acceptors (Lipinski definition) is 3. The predicted octanol–water partition coefficient (Wildman–Crippen LogP) is 0.637. The van der Waals surface area contributed by atoms with E-state index in [9.17, 15) is 9.59 Å². The molecule has 0 N–H and O–H groups in total. The molecule has 0 aromatic rings. The molecule has 5 heteroatoms. The first-order chi connectivity index (χ1) is 6.11. The Balaban J connectivity index is 3.53. The topological polar surface area (TPSA) is 46.6 Å². The fraction of sp³-hybridized carbons (Fsp3) is 0.750. The van der Waals surface area contributed by atoms with Gasteiger partial charge in [-0.25, -0.2) is 0 Å². The number of amides is 1. The molecule has 0 radical (unpaired) electrons. The van der Waals surface area contributed by atoms with Crippen molar-refractivity contribution in [3.63, 3.8) is 0 Å². The van der Waals surface area contributed by atoms with Gasteiger partial charge in [0.25, 0.3) is 0 Å².